The number of hydrogen-bond donors (Lipinski definition) is 6. The Morgan fingerprint density at radius 2 is 1.66 bits per heavy atom. The Morgan fingerprint density at radius 3 is 2.26 bits per heavy atom. The van der Waals surface area contributed by atoms with Crippen LogP contribution in [-0.4, -0.2) is 106 Å². The minimum atomic E-state index is -0.651. The molecule has 62 heavy (non-hydrogen) atoms. The number of nitrogens with two attached hydrogens (primary N) is 4. The normalized spacial score (nSPS) is 11.6. The van der Waals surface area contributed by atoms with E-state index in [-0.39, 0.29) is 36.9 Å². The van der Waals surface area contributed by atoms with Crippen LogP contribution in [0, 0.1) is 6.92 Å². The monoisotopic (exact) mass is 874 g/mol. The second kappa shape index (κ2) is 26.5. The molecule has 0 aliphatic carbocycles. The van der Waals surface area contributed by atoms with Gasteiger partial charge < -0.3 is 42.3 Å². The van der Waals surface area contributed by atoms with Crippen LogP contribution in [0.2, 0.25) is 0 Å². The molecule has 5 aromatic rings. The van der Waals surface area contributed by atoms with Crippen molar-refractivity contribution in [2.45, 2.75) is 60.2 Å². The van der Waals surface area contributed by atoms with Crippen LogP contribution in [0.25, 0.3) is 21.4 Å². The average Bonchev–Trinajstić information content (AvgIpc) is 3.93. The number of hydrogen-bond acceptors (Lipinski definition) is 15. The summed E-state index contributed by atoms with van der Waals surface area (Å²) in [7, 11) is 6.75. The maximum absolute atomic E-state index is 13.6. The zero-order valence-electron chi connectivity index (χ0n) is 36.5. The minimum Gasteiger partial charge on any atom is -0.491 e. The van der Waals surface area contributed by atoms with Crippen LogP contribution in [0.15, 0.2) is 64.4 Å². The summed E-state index contributed by atoms with van der Waals surface area (Å²) in [4.78, 5) is 79.7. The predicted molar refractivity (Wildman–Crippen MR) is 243 cm³/mol. The van der Waals surface area contributed by atoms with Gasteiger partial charge in [-0.3, -0.25) is 38.7 Å². The lowest BCUT2D eigenvalue weighted by molar-refractivity contribution is -0.112. The fourth-order valence-corrected chi connectivity index (χ4v) is 6.63. The highest BCUT2D eigenvalue weighted by Gasteiger charge is 2.21. The molecular formula is C41H58N14O6S. The van der Waals surface area contributed by atoms with Gasteiger partial charge in [0.25, 0.3) is 11.8 Å². The van der Waals surface area contributed by atoms with Crippen LogP contribution in [0.3, 0.4) is 0 Å². The Morgan fingerprint density at radius 1 is 0.984 bits per heavy atom. The number of nitrogens with zero attached hydrogens (tertiary/aromatic N) is 8. The number of aromatic nitrogens is 6. The number of unbranched alkanes of at least 4 members (excludes halogenated alkanes) is 1. The van der Waals surface area contributed by atoms with Crippen molar-refractivity contribution in [2.75, 3.05) is 46.7 Å². The molecule has 21 heteroatoms. The molecule has 10 N–H and O–H groups in total. The van der Waals surface area contributed by atoms with Gasteiger partial charge in [0, 0.05) is 50.1 Å². The first-order chi connectivity index (χ1) is 29.9. The highest BCUT2D eigenvalue weighted by atomic mass is 32.1. The average molecular weight is 875 g/mol. The molecule has 0 spiro atoms. The number of pyridine rings is 1. The number of aryl methyl sites for hydroxylation is 2. The Kier molecular flexibility index (Phi) is 22.0. The van der Waals surface area contributed by atoms with Crippen LogP contribution in [0.5, 0.6) is 5.75 Å². The zero-order valence-corrected chi connectivity index (χ0v) is 37.3. The van der Waals surface area contributed by atoms with E-state index in [1.807, 2.05) is 33.2 Å². The minimum absolute atomic E-state index is 0.0912. The smallest absolute Gasteiger partial charge is 0.297 e. The molecule has 4 heterocycles. The number of aldehydes is 2. The van der Waals surface area contributed by atoms with Crippen LogP contribution < -0.4 is 43.1 Å². The number of anilines is 1. The Balaban J connectivity index is 0.00000178. The summed E-state index contributed by atoms with van der Waals surface area (Å²) in [6.07, 6.45) is 8.70. The lowest BCUT2D eigenvalue weighted by Crippen LogP contribution is -2.21. The van der Waals surface area contributed by atoms with Crippen molar-refractivity contribution in [3.8, 4) is 5.75 Å². The van der Waals surface area contributed by atoms with Gasteiger partial charge in [0.15, 0.2) is 10.4 Å². The molecule has 0 fully saturated rings. The van der Waals surface area contributed by atoms with Crippen LogP contribution >= 0.6 is 11.3 Å². The molecule has 0 aliphatic heterocycles. The highest BCUT2D eigenvalue weighted by molar-refractivity contribution is 7.16. The number of carbonyl (C=O) groups is 5. The fourth-order valence-electron chi connectivity index (χ4n) is 5.59. The number of rotatable bonds is 17. The number of nitrogens with one attached hydrogen (secondary N) is 2. The van der Waals surface area contributed by atoms with Crippen molar-refractivity contribution in [1.82, 2.24) is 34.2 Å². The van der Waals surface area contributed by atoms with Gasteiger partial charge in [-0.25, -0.2) is 9.97 Å². The summed E-state index contributed by atoms with van der Waals surface area (Å²) in [6.45, 7) is 8.49. The first kappa shape index (κ1) is 51.5. The van der Waals surface area contributed by atoms with Gasteiger partial charge in [-0.05, 0) is 92.6 Å². The SMILES string of the molecule is CCN=C(/C=C(/C)N)C(=O)N=c1sc2cc(C(N)=O)cnc2n1C/C=C/Cn1c(NC(=O)c2cc(C)nn2CC)nc2cc(C=O)cc(OCCCC=O)c21.CN.CN.CNC. The second-order valence-corrected chi connectivity index (χ2v) is 13.7. The van der Waals surface area contributed by atoms with Crippen molar-refractivity contribution in [3.05, 3.63) is 81.7 Å². The van der Waals surface area contributed by atoms with Gasteiger partial charge in [0.2, 0.25) is 11.9 Å². The number of aliphatic imine (C=N–C) groups is 1. The number of thiazole rings is 1. The van der Waals surface area contributed by atoms with Crippen LogP contribution in [0.4, 0.5) is 5.95 Å². The summed E-state index contributed by atoms with van der Waals surface area (Å²) in [5.74, 6) is -1.16. The van der Waals surface area contributed by atoms with E-state index in [1.54, 1.807) is 58.9 Å². The predicted octanol–water partition coefficient (Wildman–Crippen LogP) is 2.49. The molecule has 0 saturated carbocycles. The molecule has 0 bridgehead atoms. The molecule has 0 atom stereocenters. The molecule has 1 aromatic carbocycles. The zero-order chi connectivity index (χ0) is 46.4. The largest absolute Gasteiger partial charge is 0.491 e. The molecular weight excluding hydrogens is 817 g/mol. The topological polar surface area (TPSA) is 301 Å². The number of ether oxygens (including phenoxy) is 1. The van der Waals surface area contributed by atoms with E-state index in [0.717, 1.165) is 17.6 Å². The molecule has 4 aromatic heterocycles. The number of benzene rings is 1. The summed E-state index contributed by atoms with van der Waals surface area (Å²) in [6, 6.07) is 6.45. The van der Waals surface area contributed by atoms with E-state index < -0.39 is 17.7 Å². The third-order valence-corrected chi connectivity index (χ3v) is 9.02. The summed E-state index contributed by atoms with van der Waals surface area (Å²) in [5.41, 5.74) is 23.7. The van der Waals surface area contributed by atoms with Crippen LogP contribution in [0.1, 0.15) is 70.5 Å². The molecule has 3 amide bonds. The summed E-state index contributed by atoms with van der Waals surface area (Å²) >= 11 is 1.15. The van der Waals surface area contributed by atoms with Crippen molar-refractivity contribution < 1.29 is 28.7 Å². The molecule has 0 unspecified atom stereocenters. The second-order valence-electron chi connectivity index (χ2n) is 12.7. The van der Waals surface area contributed by atoms with Gasteiger partial charge in [-0.1, -0.05) is 23.5 Å². The summed E-state index contributed by atoms with van der Waals surface area (Å²) in [5, 5.41) is 10.0. The Labute approximate surface area is 363 Å². The van der Waals surface area contributed by atoms with Gasteiger partial charge >= 0.3 is 0 Å². The third kappa shape index (κ3) is 13.9. The maximum Gasteiger partial charge on any atom is 0.297 e. The van der Waals surface area contributed by atoms with Crippen LogP contribution in [-0.2, 0) is 29.2 Å². The Bertz CT molecular complexity index is 2470. The lowest BCUT2D eigenvalue weighted by Gasteiger charge is -2.12. The van der Waals surface area contributed by atoms with Gasteiger partial charge in [0.05, 0.1) is 28.1 Å². The van der Waals surface area contributed by atoms with E-state index in [1.165, 1.54) is 26.4 Å². The number of fused-ring (bicyclic) bond motifs is 2. The van der Waals surface area contributed by atoms with Crippen molar-refractivity contribution in [2.24, 2.45) is 32.9 Å². The highest BCUT2D eigenvalue weighted by Crippen LogP contribution is 2.31. The van der Waals surface area contributed by atoms with Crippen molar-refractivity contribution in [3.63, 3.8) is 0 Å². The lowest BCUT2D eigenvalue weighted by atomic mass is 10.2. The van der Waals surface area contributed by atoms with Crippen molar-refractivity contribution >= 4 is 74.7 Å². The van der Waals surface area contributed by atoms with E-state index in [9.17, 15) is 24.0 Å². The quantitative estimate of drug-likeness (QED) is 0.0339. The molecule has 0 saturated heterocycles. The van der Waals surface area contributed by atoms with Gasteiger partial charge in [-0.15, -0.1) is 0 Å². The van der Waals surface area contributed by atoms with E-state index in [2.05, 4.69) is 47.2 Å². The molecule has 0 aliphatic rings. The molecule has 0 radical (unpaired) electrons. The van der Waals surface area contributed by atoms with E-state index >= 15 is 0 Å². The molecule has 5 rings (SSSR count). The van der Waals surface area contributed by atoms with Gasteiger partial charge in [0.1, 0.15) is 35.2 Å². The van der Waals surface area contributed by atoms with E-state index in [0.29, 0.717) is 86.8 Å². The number of carbonyl (C=O) groups excluding carboxylic acids is 5. The molecule has 334 valence electrons. The standard InChI is InChI=1S/C37H41N11O6S.C2H7N.2CH5N/c1-5-40-27(15-22(3)38)34(52)44-37-47(33-30(55-37)19-25(20-41-33)32(39)51)12-8-7-11-46-31-26(17-24(21-50)18-29(31)54-14-10-9-13-49)42-36(46)43-35(53)28-16-23(4)45-48(28)6-2;1-3-2;2*1-2/h7-8,13,15-21H,5-6,9-12,14,38H2,1-4H3,(H2,39,51)(H,42,43,53);3H,1-2H3;2*2H2,1H3/b8-7+,22-15-,40-27?,44-37?;;;. The summed E-state index contributed by atoms with van der Waals surface area (Å²) < 4.78 is 11.7. The molecule has 20 nitrogen and oxygen atoms in total. The number of allylic oxidation sites excluding steroid dienone is 3. The third-order valence-electron chi connectivity index (χ3n) is 8.01. The number of imidazole rings is 1. The van der Waals surface area contributed by atoms with Gasteiger partial charge in [-0.2, -0.15) is 10.1 Å². The first-order valence-corrected chi connectivity index (χ1v) is 20.4. The fraction of sp³-hybridized carbons (Fsp3) is 0.366. The maximum atomic E-state index is 13.6. The van der Waals surface area contributed by atoms with E-state index in [4.69, 9.17) is 16.2 Å². The Hall–Kier alpha value is -6.68. The number of primary amides is 1. The number of amides is 3. The first-order valence-electron chi connectivity index (χ1n) is 19.6. The van der Waals surface area contributed by atoms with Crippen molar-refractivity contribution in [1.29, 1.82) is 0 Å².